The van der Waals surface area contributed by atoms with Gasteiger partial charge in [0.2, 0.25) is 0 Å². The van der Waals surface area contributed by atoms with Crippen LogP contribution in [0.4, 0.5) is 0 Å². The minimum absolute atomic E-state index is 0.0357. The fourth-order valence-corrected chi connectivity index (χ4v) is 6.37. The summed E-state index contributed by atoms with van der Waals surface area (Å²) in [5.74, 6) is 0.939. The molecule has 31 heavy (non-hydrogen) atoms. The smallest absolute Gasteiger partial charge is 0.250 e. The van der Waals surface area contributed by atoms with Crippen molar-refractivity contribution in [3.8, 4) is 5.75 Å². The first-order valence-corrected chi connectivity index (χ1v) is 11.6. The molecule has 1 aliphatic heterocycles. The number of nitrogens with zero attached hydrogens (tertiary/aromatic N) is 1. The molecule has 1 amide bonds. The molecule has 0 saturated carbocycles. The zero-order valence-corrected chi connectivity index (χ0v) is 18.8. The molecule has 2 aromatic carbocycles. The van der Waals surface area contributed by atoms with Gasteiger partial charge >= 0.3 is 0 Å². The Morgan fingerprint density at radius 1 is 1.13 bits per heavy atom. The lowest BCUT2D eigenvalue weighted by Gasteiger charge is -2.42. The second-order valence-electron chi connectivity index (χ2n) is 9.62. The number of hydrogen-bond donors (Lipinski definition) is 2. The van der Waals surface area contributed by atoms with Gasteiger partial charge in [0.05, 0.1) is 6.61 Å². The van der Waals surface area contributed by atoms with E-state index in [0.29, 0.717) is 6.61 Å². The van der Waals surface area contributed by atoms with E-state index in [1.807, 2.05) is 31.7 Å². The summed E-state index contributed by atoms with van der Waals surface area (Å²) in [6, 6.07) is 15.1. The molecule has 3 N–H and O–H groups in total. The van der Waals surface area contributed by atoms with Crippen molar-refractivity contribution in [3.63, 3.8) is 0 Å². The van der Waals surface area contributed by atoms with Crippen LogP contribution in [0.25, 0.3) is 0 Å². The Morgan fingerprint density at radius 3 is 2.39 bits per heavy atom. The third-order valence-electron chi connectivity index (χ3n) is 7.76. The number of fused-ring (bicyclic) bond motifs is 4. The molecule has 2 unspecified atom stereocenters. The SMILES string of the molecule is CCOc1ccc2c(c1)C1(NC(N)N(C(C)C)C1=O)C1(CCc3ccccc3CC1)C2. The van der Waals surface area contributed by atoms with Gasteiger partial charge in [0.15, 0.2) is 0 Å². The summed E-state index contributed by atoms with van der Waals surface area (Å²) < 4.78 is 5.84. The van der Waals surface area contributed by atoms with Gasteiger partial charge in [-0.15, -0.1) is 0 Å². The van der Waals surface area contributed by atoms with Crippen molar-refractivity contribution in [2.45, 2.75) is 70.7 Å². The predicted molar refractivity (Wildman–Crippen MR) is 122 cm³/mol. The van der Waals surface area contributed by atoms with Gasteiger partial charge in [0.1, 0.15) is 17.6 Å². The molecule has 1 saturated heterocycles. The maximum atomic E-state index is 14.2. The maximum absolute atomic E-state index is 14.2. The van der Waals surface area contributed by atoms with Gasteiger partial charge in [-0.25, -0.2) is 0 Å². The topological polar surface area (TPSA) is 67.6 Å². The van der Waals surface area contributed by atoms with Crippen LogP contribution in [0.15, 0.2) is 42.5 Å². The normalized spacial score (nSPS) is 26.4. The van der Waals surface area contributed by atoms with E-state index >= 15 is 0 Å². The molecular formula is C26H33N3O2. The number of hydrogen-bond acceptors (Lipinski definition) is 4. The molecular weight excluding hydrogens is 386 g/mol. The third-order valence-corrected chi connectivity index (χ3v) is 7.76. The highest BCUT2D eigenvalue weighted by Gasteiger charge is 2.67. The van der Waals surface area contributed by atoms with Crippen molar-refractivity contribution in [1.82, 2.24) is 10.2 Å². The quantitative estimate of drug-likeness (QED) is 0.799. The Bertz CT molecular complexity index is 990. The fraction of sp³-hybridized carbons (Fsp3) is 0.500. The molecule has 1 heterocycles. The van der Waals surface area contributed by atoms with Gasteiger partial charge in [-0.3, -0.25) is 15.8 Å². The number of rotatable bonds is 3. The van der Waals surface area contributed by atoms with Crippen molar-refractivity contribution in [1.29, 1.82) is 0 Å². The molecule has 5 rings (SSSR count). The molecule has 2 aliphatic carbocycles. The average molecular weight is 420 g/mol. The minimum Gasteiger partial charge on any atom is -0.494 e. The summed E-state index contributed by atoms with van der Waals surface area (Å²) >= 11 is 0. The molecule has 3 aliphatic rings. The Balaban J connectivity index is 1.66. The van der Waals surface area contributed by atoms with Crippen LogP contribution in [-0.2, 0) is 29.6 Å². The van der Waals surface area contributed by atoms with Crippen molar-refractivity contribution < 1.29 is 9.53 Å². The van der Waals surface area contributed by atoms with Crippen LogP contribution in [0.5, 0.6) is 5.75 Å². The summed E-state index contributed by atoms with van der Waals surface area (Å²) in [7, 11) is 0. The zero-order chi connectivity index (χ0) is 21.8. The summed E-state index contributed by atoms with van der Waals surface area (Å²) in [5.41, 5.74) is 10.7. The lowest BCUT2D eigenvalue weighted by Crippen LogP contribution is -2.56. The second kappa shape index (κ2) is 7.35. The second-order valence-corrected chi connectivity index (χ2v) is 9.62. The molecule has 0 bridgehead atoms. The first-order chi connectivity index (χ1) is 14.9. The molecule has 0 aromatic heterocycles. The van der Waals surface area contributed by atoms with Crippen LogP contribution in [0.1, 0.15) is 55.9 Å². The van der Waals surface area contributed by atoms with E-state index in [1.165, 1.54) is 16.7 Å². The maximum Gasteiger partial charge on any atom is 0.250 e. The van der Waals surface area contributed by atoms with E-state index in [-0.39, 0.29) is 17.4 Å². The van der Waals surface area contributed by atoms with E-state index in [0.717, 1.165) is 43.4 Å². The highest BCUT2D eigenvalue weighted by molar-refractivity contribution is 5.93. The molecule has 164 valence electrons. The molecule has 0 radical (unpaired) electrons. The lowest BCUT2D eigenvalue weighted by molar-refractivity contribution is -0.139. The number of ether oxygens (including phenoxy) is 1. The van der Waals surface area contributed by atoms with E-state index in [4.69, 9.17) is 10.5 Å². The molecule has 2 atom stereocenters. The molecule has 5 nitrogen and oxygen atoms in total. The fourth-order valence-electron chi connectivity index (χ4n) is 6.37. The third kappa shape index (κ3) is 2.86. The highest BCUT2D eigenvalue weighted by Crippen LogP contribution is 2.59. The standard InChI is InChI=1S/C26H33N3O2/c1-4-31-21-10-9-20-16-25(13-11-18-7-5-6-8-19(18)12-14-25)26(22(20)15-21)23(30)29(17(2)3)24(27)28-26/h5-10,15,17,24,28H,4,11-14,16,27H2,1-3H3. The van der Waals surface area contributed by atoms with E-state index in [9.17, 15) is 4.79 Å². The van der Waals surface area contributed by atoms with Crippen LogP contribution < -0.4 is 15.8 Å². The first-order valence-electron chi connectivity index (χ1n) is 11.6. The van der Waals surface area contributed by atoms with Crippen molar-refractivity contribution >= 4 is 5.91 Å². The Labute approximate surface area is 185 Å². The van der Waals surface area contributed by atoms with Gasteiger partial charge in [0.25, 0.3) is 5.91 Å². The van der Waals surface area contributed by atoms with Crippen molar-refractivity contribution in [2.24, 2.45) is 11.1 Å². The average Bonchev–Trinajstić information content (AvgIpc) is 3.08. The summed E-state index contributed by atoms with van der Waals surface area (Å²) in [5, 5.41) is 3.65. The number of nitrogens with one attached hydrogen (secondary N) is 1. The van der Waals surface area contributed by atoms with E-state index in [2.05, 4.69) is 41.7 Å². The summed E-state index contributed by atoms with van der Waals surface area (Å²) in [4.78, 5) is 16.1. The van der Waals surface area contributed by atoms with Crippen molar-refractivity contribution in [3.05, 3.63) is 64.7 Å². The lowest BCUT2D eigenvalue weighted by atomic mass is 9.65. The largest absolute Gasteiger partial charge is 0.494 e. The number of aryl methyl sites for hydroxylation is 2. The van der Waals surface area contributed by atoms with Gasteiger partial charge in [-0.05, 0) is 87.3 Å². The van der Waals surface area contributed by atoms with Gasteiger partial charge in [0, 0.05) is 11.5 Å². The summed E-state index contributed by atoms with van der Waals surface area (Å²) in [6.45, 7) is 6.68. The van der Waals surface area contributed by atoms with Crippen LogP contribution in [0, 0.1) is 5.41 Å². The number of amides is 1. The van der Waals surface area contributed by atoms with Gasteiger partial charge < -0.3 is 9.64 Å². The number of carbonyl (C=O) groups is 1. The first kappa shape index (κ1) is 20.5. The van der Waals surface area contributed by atoms with Crippen LogP contribution in [0.2, 0.25) is 0 Å². The Morgan fingerprint density at radius 2 is 1.81 bits per heavy atom. The molecule has 2 aromatic rings. The monoisotopic (exact) mass is 419 g/mol. The number of benzene rings is 2. The molecule has 1 fully saturated rings. The van der Waals surface area contributed by atoms with Crippen LogP contribution >= 0.6 is 0 Å². The van der Waals surface area contributed by atoms with Gasteiger partial charge in [-0.2, -0.15) is 0 Å². The Kier molecular flexibility index (Phi) is 4.87. The van der Waals surface area contributed by atoms with E-state index < -0.39 is 11.8 Å². The van der Waals surface area contributed by atoms with Gasteiger partial charge in [-0.1, -0.05) is 30.3 Å². The van der Waals surface area contributed by atoms with E-state index in [1.54, 1.807) is 0 Å². The highest BCUT2D eigenvalue weighted by atomic mass is 16.5. The molecule has 5 heteroatoms. The molecule has 2 spiro atoms. The minimum atomic E-state index is -0.804. The van der Waals surface area contributed by atoms with Crippen molar-refractivity contribution in [2.75, 3.05) is 6.61 Å². The zero-order valence-electron chi connectivity index (χ0n) is 18.8. The number of nitrogens with two attached hydrogens (primary N) is 1. The summed E-state index contributed by atoms with van der Waals surface area (Å²) in [6.07, 6.45) is 4.28. The van der Waals surface area contributed by atoms with Crippen LogP contribution in [0.3, 0.4) is 0 Å². The Hall–Kier alpha value is -2.37. The van der Waals surface area contributed by atoms with Crippen LogP contribution in [-0.4, -0.2) is 29.7 Å². The number of carbonyl (C=O) groups excluding carboxylic acids is 1. The predicted octanol–water partition coefficient (Wildman–Crippen LogP) is 3.48.